The lowest BCUT2D eigenvalue weighted by atomic mass is 10.1. The normalized spacial score (nSPS) is 11.2. The van der Waals surface area contributed by atoms with E-state index < -0.39 is 0 Å². The fourth-order valence-electron chi connectivity index (χ4n) is 3.31. The maximum absolute atomic E-state index is 13.3. The fourth-order valence-corrected chi connectivity index (χ4v) is 4.15. The Hall–Kier alpha value is -3.78. The second kappa shape index (κ2) is 8.39. The molecule has 0 saturated heterocycles. The first-order chi connectivity index (χ1) is 15.6. The molecule has 7 nitrogen and oxygen atoms in total. The van der Waals surface area contributed by atoms with Crippen LogP contribution >= 0.6 is 11.8 Å². The summed E-state index contributed by atoms with van der Waals surface area (Å²) in [6.45, 7) is 3.99. The Labute approximate surface area is 188 Å². The van der Waals surface area contributed by atoms with Crippen LogP contribution in [0, 0.1) is 13.8 Å². The molecule has 0 aliphatic rings. The Balaban J connectivity index is 1.51. The molecule has 32 heavy (non-hydrogen) atoms. The molecule has 0 aliphatic heterocycles. The summed E-state index contributed by atoms with van der Waals surface area (Å²) in [6, 6.07) is 19.0. The first-order valence-electron chi connectivity index (χ1n) is 10.1. The van der Waals surface area contributed by atoms with Crippen LogP contribution in [-0.2, 0) is 5.75 Å². The second-order valence-electron chi connectivity index (χ2n) is 7.41. The lowest BCUT2D eigenvalue weighted by molar-refractivity contribution is 0.425. The van der Waals surface area contributed by atoms with Crippen LogP contribution in [0.25, 0.3) is 28.2 Å². The highest BCUT2D eigenvalue weighted by Crippen LogP contribution is 2.25. The molecule has 0 fully saturated rings. The number of benzene rings is 2. The Morgan fingerprint density at radius 3 is 2.59 bits per heavy atom. The molecule has 3 heterocycles. The predicted molar refractivity (Wildman–Crippen MR) is 124 cm³/mol. The number of pyridine rings is 1. The number of nitrogens with zero attached hydrogens (tertiary/aromatic N) is 5. The molecule has 0 saturated carbocycles. The Kier molecular flexibility index (Phi) is 5.28. The number of aryl methyl sites for hydroxylation is 2. The molecular formula is C24H19N5O2S. The van der Waals surface area contributed by atoms with Gasteiger partial charge in [0.15, 0.2) is 11.0 Å². The predicted octanol–water partition coefficient (Wildman–Crippen LogP) is 4.74. The SMILES string of the molecule is Cc1ccc(-c2nc(CSc3nc4ccccc4c(=O)n3-c3cc(C)ccn3)no2)cc1. The van der Waals surface area contributed by atoms with E-state index in [9.17, 15) is 4.79 Å². The van der Waals surface area contributed by atoms with Crippen molar-refractivity contribution in [2.75, 3.05) is 0 Å². The van der Waals surface area contributed by atoms with Crippen LogP contribution in [0.1, 0.15) is 17.0 Å². The zero-order valence-corrected chi connectivity index (χ0v) is 18.3. The van der Waals surface area contributed by atoms with E-state index in [0.29, 0.717) is 39.3 Å². The third-order valence-corrected chi connectivity index (χ3v) is 5.91. The summed E-state index contributed by atoms with van der Waals surface area (Å²) in [5, 5.41) is 5.16. The van der Waals surface area contributed by atoms with Gasteiger partial charge in [0.05, 0.1) is 16.7 Å². The van der Waals surface area contributed by atoms with Crippen LogP contribution in [0.4, 0.5) is 0 Å². The Morgan fingerprint density at radius 2 is 1.78 bits per heavy atom. The van der Waals surface area contributed by atoms with Crippen LogP contribution in [0.5, 0.6) is 0 Å². The van der Waals surface area contributed by atoms with E-state index in [1.807, 2.05) is 68.4 Å². The maximum atomic E-state index is 13.3. The minimum atomic E-state index is -0.162. The van der Waals surface area contributed by atoms with Crippen molar-refractivity contribution in [2.45, 2.75) is 24.8 Å². The van der Waals surface area contributed by atoms with Gasteiger partial charge >= 0.3 is 0 Å². The quantitative estimate of drug-likeness (QED) is 0.288. The van der Waals surface area contributed by atoms with Gasteiger partial charge in [-0.15, -0.1) is 0 Å². The van der Waals surface area contributed by atoms with Crippen LogP contribution in [0.15, 0.2) is 81.3 Å². The molecule has 0 atom stereocenters. The summed E-state index contributed by atoms with van der Waals surface area (Å²) in [7, 11) is 0. The summed E-state index contributed by atoms with van der Waals surface area (Å²) < 4.78 is 6.97. The molecule has 5 aromatic rings. The van der Waals surface area contributed by atoms with E-state index in [4.69, 9.17) is 9.51 Å². The lowest BCUT2D eigenvalue weighted by Crippen LogP contribution is -2.22. The van der Waals surface area contributed by atoms with E-state index >= 15 is 0 Å². The van der Waals surface area contributed by atoms with Crippen LogP contribution in [0.2, 0.25) is 0 Å². The van der Waals surface area contributed by atoms with Gasteiger partial charge in [-0.3, -0.25) is 4.79 Å². The van der Waals surface area contributed by atoms with Crippen molar-refractivity contribution in [3.05, 3.63) is 94.2 Å². The molecular weight excluding hydrogens is 422 g/mol. The van der Waals surface area contributed by atoms with Crippen LogP contribution in [0.3, 0.4) is 0 Å². The van der Waals surface area contributed by atoms with Crippen molar-refractivity contribution in [2.24, 2.45) is 0 Å². The van der Waals surface area contributed by atoms with Crippen molar-refractivity contribution < 1.29 is 4.52 Å². The highest BCUT2D eigenvalue weighted by molar-refractivity contribution is 7.98. The van der Waals surface area contributed by atoms with E-state index in [2.05, 4.69) is 15.1 Å². The molecule has 0 aliphatic carbocycles. The van der Waals surface area contributed by atoms with Crippen LogP contribution in [-0.4, -0.2) is 24.7 Å². The van der Waals surface area contributed by atoms with E-state index in [1.54, 1.807) is 16.8 Å². The van der Waals surface area contributed by atoms with E-state index in [0.717, 1.165) is 16.7 Å². The number of rotatable bonds is 5. The van der Waals surface area contributed by atoms with Crippen molar-refractivity contribution in [1.29, 1.82) is 0 Å². The molecule has 0 radical (unpaired) electrons. The number of hydrogen-bond donors (Lipinski definition) is 0. The fraction of sp³-hybridized carbons (Fsp3) is 0.125. The molecule has 0 spiro atoms. The van der Waals surface area contributed by atoms with Gasteiger partial charge in [-0.25, -0.2) is 14.5 Å². The monoisotopic (exact) mass is 441 g/mol. The van der Waals surface area contributed by atoms with Gasteiger partial charge in [0, 0.05) is 11.8 Å². The molecule has 158 valence electrons. The summed E-state index contributed by atoms with van der Waals surface area (Å²) >= 11 is 1.37. The van der Waals surface area contributed by atoms with Crippen molar-refractivity contribution in [1.82, 2.24) is 24.7 Å². The van der Waals surface area contributed by atoms with Crippen molar-refractivity contribution >= 4 is 22.7 Å². The van der Waals surface area contributed by atoms with Gasteiger partial charge in [0.2, 0.25) is 0 Å². The second-order valence-corrected chi connectivity index (χ2v) is 8.36. The highest BCUT2D eigenvalue weighted by Gasteiger charge is 2.16. The maximum Gasteiger partial charge on any atom is 0.267 e. The Bertz CT molecular complexity index is 1470. The first-order valence-corrected chi connectivity index (χ1v) is 11.0. The van der Waals surface area contributed by atoms with Gasteiger partial charge in [-0.05, 0) is 55.8 Å². The zero-order chi connectivity index (χ0) is 22.1. The number of aromatic nitrogens is 5. The largest absolute Gasteiger partial charge is 0.334 e. The molecule has 0 unspecified atom stereocenters. The summed E-state index contributed by atoms with van der Waals surface area (Å²) in [5.41, 5.74) is 3.51. The summed E-state index contributed by atoms with van der Waals surface area (Å²) in [4.78, 5) is 26.9. The molecule has 3 aromatic heterocycles. The van der Waals surface area contributed by atoms with Gasteiger partial charge < -0.3 is 4.52 Å². The molecule has 8 heteroatoms. The number of hydrogen-bond acceptors (Lipinski definition) is 7. The minimum absolute atomic E-state index is 0.162. The molecule has 5 rings (SSSR count). The van der Waals surface area contributed by atoms with E-state index in [-0.39, 0.29) is 5.56 Å². The summed E-state index contributed by atoms with van der Waals surface area (Å²) in [5.74, 6) is 1.91. The minimum Gasteiger partial charge on any atom is -0.334 e. The van der Waals surface area contributed by atoms with Gasteiger partial charge in [-0.2, -0.15) is 4.98 Å². The average molecular weight is 442 g/mol. The lowest BCUT2D eigenvalue weighted by Gasteiger charge is -2.12. The average Bonchev–Trinajstić information content (AvgIpc) is 3.27. The highest BCUT2D eigenvalue weighted by atomic mass is 32.2. The number of para-hydroxylation sites is 1. The van der Waals surface area contributed by atoms with E-state index in [1.165, 1.54) is 11.8 Å². The topological polar surface area (TPSA) is 86.7 Å². The van der Waals surface area contributed by atoms with Crippen molar-refractivity contribution in [3.63, 3.8) is 0 Å². The summed E-state index contributed by atoms with van der Waals surface area (Å²) in [6.07, 6.45) is 1.69. The van der Waals surface area contributed by atoms with Crippen molar-refractivity contribution in [3.8, 4) is 17.3 Å². The molecule has 2 aromatic carbocycles. The van der Waals surface area contributed by atoms with Gasteiger partial charge in [0.1, 0.15) is 5.82 Å². The third kappa shape index (κ3) is 3.92. The van der Waals surface area contributed by atoms with Gasteiger partial charge in [-0.1, -0.05) is 46.7 Å². The number of thioether (sulfide) groups is 1. The smallest absolute Gasteiger partial charge is 0.267 e. The first kappa shape index (κ1) is 20.1. The standard InChI is InChI=1S/C24H19N5O2S/c1-15-7-9-17(10-8-15)22-27-20(28-31-22)14-32-24-26-19-6-4-3-5-18(19)23(30)29(24)21-13-16(2)11-12-25-21/h3-13H,14H2,1-2H3. The number of fused-ring (bicyclic) bond motifs is 1. The molecule has 0 amide bonds. The molecule has 0 N–H and O–H groups in total. The Morgan fingerprint density at radius 1 is 0.969 bits per heavy atom. The van der Waals surface area contributed by atoms with Gasteiger partial charge in [0.25, 0.3) is 11.4 Å². The van der Waals surface area contributed by atoms with Crippen LogP contribution < -0.4 is 5.56 Å². The molecule has 0 bridgehead atoms. The third-order valence-electron chi connectivity index (χ3n) is 4.97. The zero-order valence-electron chi connectivity index (χ0n) is 17.5.